The topological polar surface area (TPSA) is 83.5 Å². The number of nitrogens with two attached hydrogens (primary N) is 1. The first kappa shape index (κ1) is 16.2. The first-order chi connectivity index (χ1) is 8.82. The second-order valence-corrected chi connectivity index (χ2v) is 5.71. The van der Waals surface area contributed by atoms with Crippen molar-refractivity contribution in [2.24, 2.45) is 0 Å². The van der Waals surface area contributed by atoms with Gasteiger partial charge in [-0.25, -0.2) is 4.39 Å². The Bertz CT molecular complexity index is 473. The summed E-state index contributed by atoms with van der Waals surface area (Å²) in [5.41, 5.74) is 5.72. The summed E-state index contributed by atoms with van der Waals surface area (Å²) >= 11 is 6.75. The number of benzene rings is 1. The maximum atomic E-state index is 13.2. The van der Waals surface area contributed by atoms with E-state index >= 15 is 0 Å². The van der Waals surface area contributed by atoms with Crippen molar-refractivity contribution in [3.8, 4) is 0 Å². The molecule has 0 fully saturated rings. The highest BCUT2D eigenvalue weighted by Crippen LogP contribution is 2.31. The van der Waals surface area contributed by atoms with E-state index in [1.807, 2.05) is 0 Å². The number of anilines is 1. The van der Waals surface area contributed by atoms with Crippen molar-refractivity contribution < 1.29 is 19.4 Å². The highest BCUT2D eigenvalue weighted by atomic mass is 35.5. The number of carbonyl (C=O) groups is 1. The molecule has 0 saturated carbocycles. The number of halogens is 2. The number of hydrogen-bond donors (Lipinski definition) is 3. The van der Waals surface area contributed by atoms with Gasteiger partial charge in [0.05, 0.1) is 16.8 Å². The van der Waals surface area contributed by atoms with Crippen molar-refractivity contribution in [3.05, 3.63) is 28.5 Å². The lowest BCUT2D eigenvalue weighted by molar-refractivity contribution is -0.109. The average molecular weight is 308 g/mol. The van der Waals surface area contributed by atoms with Gasteiger partial charge in [-0.15, -0.1) is 0 Å². The van der Waals surface area contributed by atoms with Crippen molar-refractivity contribution in [1.82, 2.24) is 0 Å². The van der Waals surface area contributed by atoms with E-state index in [2.05, 4.69) is 0 Å². The monoisotopic (exact) mass is 307 g/mol. The SMILES string of the molecule is CC(=O)SCCC(O)C(O)c1cc(F)cc(Cl)c1N. The van der Waals surface area contributed by atoms with Gasteiger partial charge in [0.1, 0.15) is 11.9 Å². The number of thioether (sulfide) groups is 1. The highest BCUT2D eigenvalue weighted by molar-refractivity contribution is 8.13. The zero-order chi connectivity index (χ0) is 14.6. The minimum Gasteiger partial charge on any atom is -0.397 e. The van der Waals surface area contributed by atoms with Crippen molar-refractivity contribution >= 4 is 34.2 Å². The average Bonchev–Trinajstić information content (AvgIpc) is 2.32. The van der Waals surface area contributed by atoms with Gasteiger partial charge < -0.3 is 15.9 Å². The molecular weight excluding hydrogens is 293 g/mol. The third kappa shape index (κ3) is 4.65. The minimum absolute atomic E-state index is 0.0145. The van der Waals surface area contributed by atoms with E-state index in [-0.39, 0.29) is 27.8 Å². The molecule has 2 unspecified atom stereocenters. The molecule has 4 N–H and O–H groups in total. The van der Waals surface area contributed by atoms with Crippen LogP contribution in [0.5, 0.6) is 0 Å². The van der Waals surface area contributed by atoms with Crippen LogP contribution in [0.25, 0.3) is 0 Å². The molecule has 19 heavy (non-hydrogen) atoms. The molecule has 4 nitrogen and oxygen atoms in total. The molecule has 1 rings (SSSR count). The van der Waals surface area contributed by atoms with E-state index in [4.69, 9.17) is 17.3 Å². The maximum Gasteiger partial charge on any atom is 0.185 e. The summed E-state index contributed by atoms with van der Waals surface area (Å²) in [5, 5.41) is 19.6. The van der Waals surface area contributed by atoms with Crippen molar-refractivity contribution in [2.75, 3.05) is 11.5 Å². The molecular formula is C12H15ClFNO3S. The predicted octanol–water partition coefficient (Wildman–Crippen LogP) is 2.13. The zero-order valence-corrected chi connectivity index (χ0v) is 11.8. The van der Waals surface area contributed by atoms with Crippen LogP contribution in [-0.4, -0.2) is 27.2 Å². The van der Waals surface area contributed by atoms with Gasteiger partial charge in [0, 0.05) is 18.2 Å². The molecule has 0 aliphatic rings. The van der Waals surface area contributed by atoms with E-state index in [1.165, 1.54) is 6.92 Å². The fourth-order valence-electron chi connectivity index (χ4n) is 1.54. The number of nitrogen functional groups attached to an aromatic ring is 1. The molecule has 1 aromatic rings. The molecule has 0 aromatic heterocycles. The smallest absolute Gasteiger partial charge is 0.185 e. The molecule has 0 amide bonds. The summed E-state index contributed by atoms with van der Waals surface area (Å²) in [5.74, 6) is -0.283. The second-order valence-electron chi connectivity index (χ2n) is 4.03. The minimum atomic E-state index is -1.35. The van der Waals surface area contributed by atoms with E-state index in [9.17, 15) is 19.4 Å². The molecule has 0 aliphatic carbocycles. The number of hydrogen-bond acceptors (Lipinski definition) is 5. The number of carbonyl (C=O) groups excluding carboxylic acids is 1. The van der Waals surface area contributed by atoms with Crippen LogP contribution >= 0.6 is 23.4 Å². The van der Waals surface area contributed by atoms with Gasteiger partial charge in [-0.2, -0.15) is 0 Å². The maximum absolute atomic E-state index is 13.2. The van der Waals surface area contributed by atoms with Crippen LogP contribution in [-0.2, 0) is 4.79 Å². The summed E-state index contributed by atoms with van der Waals surface area (Å²) in [6.45, 7) is 1.41. The van der Waals surface area contributed by atoms with Gasteiger partial charge in [-0.05, 0) is 18.6 Å². The molecule has 2 atom stereocenters. The molecule has 0 spiro atoms. The Morgan fingerprint density at radius 2 is 2.16 bits per heavy atom. The molecule has 0 heterocycles. The molecule has 0 saturated heterocycles. The quantitative estimate of drug-likeness (QED) is 0.726. The van der Waals surface area contributed by atoms with Gasteiger partial charge in [0.25, 0.3) is 0 Å². The highest BCUT2D eigenvalue weighted by Gasteiger charge is 2.22. The van der Waals surface area contributed by atoms with E-state index in [0.29, 0.717) is 5.75 Å². The first-order valence-electron chi connectivity index (χ1n) is 5.56. The van der Waals surface area contributed by atoms with Crippen LogP contribution in [0.2, 0.25) is 5.02 Å². The fourth-order valence-corrected chi connectivity index (χ4v) is 2.40. The predicted molar refractivity (Wildman–Crippen MR) is 74.5 cm³/mol. The van der Waals surface area contributed by atoms with Gasteiger partial charge in [0.15, 0.2) is 5.12 Å². The summed E-state index contributed by atoms with van der Waals surface area (Å²) in [4.78, 5) is 10.7. The van der Waals surface area contributed by atoms with Gasteiger partial charge in [0.2, 0.25) is 0 Å². The van der Waals surface area contributed by atoms with E-state index in [1.54, 1.807) is 0 Å². The standard InChI is InChI=1S/C12H15ClFNO3S/c1-6(16)19-3-2-10(17)12(18)8-4-7(14)5-9(13)11(8)15/h4-5,10,12,17-18H,2-3,15H2,1H3. The number of rotatable bonds is 5. The Hall–Kier alpha value is -0.820. The van der Waals surface area contributed by atoms with E-state index < -0.39 is 18.0 Å². The van der Waals surface area contributed by atoms with Crippen LogP contribution in [0.3, 0.4) is 0 Å². The van der Waals surface area contributed by atoms with Crippen LogP contribution in [0.4, 0.5) is 10.1 Å². The molecule has 0 bridgehead atoms. The largest absolute Gasteiger partial charge is 0.397 e. The van der Waals surface area contributed by atoms with Crippen LogP contribution in [0.15, 0.2) is 12.1 Å². The lowest BCUT2D eigenvalue weighted by Gasteiger charge is -2.20. The number of aliphatic hydroxyl groups is 2. The van der Waals surface area contributed by atoms with Crippen LogP contribution < -0.4 is 5.73 Å². The Morgan fingerprint density at radius 1 is 1.53 bits per heavy atom. The van der Waals surface area contributed by atoms with E-state index in [0.717, 1.165) is 23.9 Å². The van der Waals surface area contributed by atoms with Crippen LogP contribution in [0.1, 0.15) is 25.0 Å². The summed E-state index contributed by atoms with van der Waals surface area (Å²) in [7, 11) is 0. The van der Waals surface area contributed by atoms with Crippen molar-refractivity contribution in [1.29, 1.82) is 0 Å². The Labute approximate surface area is 119 Å². The first-order valence-corrected chi connectivity index (χ1v) is 6.93. The van der Waals surface area contributed by atoms with Crippen molar-refractivity contribution in [3.63, 3.8) is 0 Å². The molecule has 0 aliphatic heterocycles. The summed E-state index contributed by atoms with van der Waals surface area (Å²) < 4.78 is 13.2. The Balaban J connectivity index is 2.76. The normalized spacial score (nSPS) is 14.2. The molecule has 0 radical (unpaired) electrons. The Morgan fingerprint density at radius 3 is 2.74 bits per heavy atom. The second kappa shape index (κ2) is 7.09. The third-order valence-electron chi connectivity index (χ3n) is 2.53. The lowest BCUT2D eigenvalue weighted by atomic mass is 10.0. The third-order valence-corrected chi connectivity index (χ3v) is 3.69. The Kier molecular flexibility index (Phi) is 6.06. The van der Waals surface area contributed by atoms with Gasteiger partial charge in [-0.3, -0.25) is 4.79 Å². The molecule has 106 valence electrons. The fraction of sp³-hybridized carbons (Fsp3) is 0.417. The van der Waals surface area contributed by atoms with Crippen molar-refractivity contribution in [2.45, 2.75) is 25.6 Å². The number of aliphatic hydroxyl groups excluding tert-OH is 2. The molecule has 7 heteroatoms. The lowest BCUT2D eigenvalue weighted by Crippen LogP contribution is -2.20. The molecule has 1 aromatic carbocycles. The van der Waals surface area contributed by atoms with Crippen LogP contribution in [0, 0.1) is 5.82 Å². The zero-order valence-electron chi connectivity index (χ0n) is 10.3. The van der Waals surface area contributed by atoms with Gasteiger partial charge in [-0.1, -0.05) is 23.4 Å². The summed E-state index contributed by atoms with van der Waals surface area (Å²) in [6, 6.07) is 2.07. The summed E-state index contributed by atoms with van der Waals surface area (Å²) in [6.07, 6.45) is -2.31. The van der Waals surface area contributed by atoms with Gasteiger partial charge >= 0.3 is 0 Å².